The Bertz CT molecular complexity index is 566. The Labute approximate surface area is 95.3 Å². The van der Waals surface area contributed by atoms with E-state index in [1.54, 1.807) is 25.1 Å². The second-order valence-electron chi connectivity index (χ2n) is 3.57. The van der Waals surface area contributed by atoms with Crippen LogP contribution >= 0.6 is 0 Å². The fraction of sp³-hybridized carbons (Fsp3) is 0.273. The normalized spacial score (nSPS) is 11.8. The van der Waals surface area contributed by atoms with Gasteiger partial charge in [-0.3, -0.25) is 0 Å². The Morgan fingerprint density at radius 3 is 2.47 bits per heavy atom. The quantitative estimate of drug-likeness (QED) is 0.771. The molecule has 0 bridgehead atoms. The zero-order valence-corrected chi connectivity index (χ0v) is 9.17. The summed E-state index contributed by atoms with van der Waals surface area (Å²) in [6.45, 7) is 1.78. The number of benzene rings is 1. The molecule has 0 aliphatic rings. The van der Waals surface area contributed by atoms with Crippen LogP contribution in [0.4, 0.5) is 13.2 Å². The highest BCUT2D eigenvalue weighted by Crippen LogP contribution is 2.31. The average Bonchev–Trinajstić information content (AvgIpc) is 2.25. The van der Waals surface area contributed by atoms with Crippen molar-refractivity contribution < 1.29 is 17.9 Å². The number of ether oxygens (including phenoxy) is 1. The van der Waals surface area contributed by atoms with Crippen molar-refractivity contribution in [3.05, 3.63) is 29.6 Å². The molecule has 0 aliphatic heterocycles. The van der Waals surface area contributed by atoms with E-state index in [1.165, 1.54) is 7.11 Å². The SMILES string of the molecule is COc1nc(C(F)(F)F)nc2cc(C)ccc12. The molecule has 0 radical (unpaired) electrons. The van der Waals surface area contributed by atoms with Gasteiger partial charge in [-0.1, -0.05) is 6.07 Å². The van der Waals surface area contributed by atoms with E-state index >= 15 is 0 Å². The summed E-state index contributed by atoms with van der Waals surface area (Å²) in [5, 5.41) is 0.464. The van der Waals surface area contributed by atoms with Gasteiger partial charge < -0.3 is 4.74 Å². The molecule has 90 valence electrons. The average molecular weight is 242 g/mol. The maximum Gasteiger partial charge on any atom is 0.451 e. The summed E-state index contributed by atoms with van der Waals surface area (Å²) in [6, 6.07) is 4.97. The third-order valence-corrected chi connectivity index (χ3v) is 2.26. The Hall–Kier alpha value is -1.85. The first kappa shape index (κ1) is 11.6. The molecule has 0 saturated carbocycles. The van der Waals surface area contributed by atoms with Crippen molar-refractivity contribution >= 4 is 10.9 Å². The van der Waals surface area contributed by atoms with Crippen LogP contribution < -0.4 is 4.74 Å². The summed E-state index contributed by atoms with van der Waals surface area (Å²) in [4.78, 5) is 6.86. The van der Waals surface area contributed by atoms with Crippen LogP contribution in [0.3, 0.4) is 0 Å². The molecule has 0 amide bonds. The minimum atomic E-state index is -4.58. The van der Waals surface area contributed by atoms with E-state index in [1.807, 2.05) is 0 Å². The van der Waals surface area contributed by atoms with Gasteiger partial charge in [-0.05, 0) is 24.6 Å². The van der Waals surface area contributed by atoms with E-state index in [4.69, 9.17) is 4.74 Å². The number of rotatable bonds is 1. The van der Waals surface area contributed by atoms with Crippen molar-refractivity contribution in [2.45, 2.75) is 13.1 Å². The first-order valence-electron chi connectivity index (χ1n) is 4.81. The van der Waals surface area contributed by atoms with Gasteiger partial charge in [0.1, 0.15) is 0 Å². The molecule has 6 heteroatoms. The number of halogens is 3. The third-order valence-electron chi connectivity index (χ3n) is 2.26. The van der Waals surface area contributed by atoms with Crippen molar-refractivity contribution in [1.29, 1.82) is 0 Å². The Balaban J connectivity index is 2.76. The molecular formula is C11H9F3N2O. The lowest BCUT2D eigenvalue weighted by Crippen LogP contribution is -2.12. The molecule has 17 heavy (non-hydrogen) atoms. The van der Waals surface area contributed by atoms with Crippen LogP contribution in [-0.2, 0) is 6.18 Å². The van der Waals surface area contributed by atoms with Gasteiger partial charge in [-0.15, -0.1) is 0 Å². The summed E-state index contributed by atoms with van der Waals surface area (Å²) in [5.74, 6) is -1.25. The van der Waals surface area contributed by atoms with Crippen LogP contribution in [0.5, 0.6) is 5.88 Å². The lowest BCUT2D eigenvalue weighted by Gasteiger charge is -2.09. The monoisotopic (exact) mass is 242 g/mol. The molecule has 2 aromatic rings. The molecule has 0 unspecified atom stereocenters. The molecule has 3 nitrogen and oxygen atoms in total. The molecule has 0 fully saturated rings. The van der Waals surface area contributed by atoms with E-state index in [0.29, 0.717) is 5.39 Å². The minimum absolute atomic E-state index is 0.0673. The second-order valence-corrected chi connectivity index (χ2v) is 3.57. The van der Waals surface area contributed by atoms with Gasteiger partial charge >= 0.3 is 6.18 Å². The highest BCUT2D eigenvalue weighted by molar-refractivity contribution is 5.84. The smallest absolute Gasteiger partial charge is 0.451 e. The molecule has 0 aliphatic carbocycles. The number of hydrogen-bond acceptors (Lipinski definition) is 3. The van der Waals surface area contributed by atoms with Crippen LogP contribution in [0.2, 0.25) is 0 Å². The Morgan fingerprint density at radius 2 is 1.88 bits per heavy atom. The van der Waals surface area contributed by atoms with Crippen LogP contribution in [-0.4, -0.2) is 17.1 Å². The van der Waals surface area contributed by atoms with Crippen LogP contribution in [0, 0.1) is 6.92 Å². The maximum atomic E-state index is 12.6. The van der Waals surface area contributed by atoms with Crippen molar-refractivity contribution in [1.82, 2.24) is 9.97 Å². The number of nitrogens with zero attached hydrogens (tertiary/aromatic N) is 2. The van der Waals surface area contributed by atoms with Gasteiger partial charge in [-0.2, -0.15) is 18.2 Å². The maximum absolute atomic E-state index is 12.6. The van der Waals surface area contributed by atoms with Crippen molar-refractivity contribution in [2.24, 2.45) is 0 Å². The summed E-state index contributed by atoms with van der Waals surface area (Å²) in [5.41, 5.74) is 1.05. The van der Waals surface area contributed by atoms with Gasteiger partial charge in [0.25, 0.3) is 0 Å². The fourth-order valence-corrected chi connectivity index (χ4v) is 1.49. The van der Waals surface area contributed by atoms with Gasteiger partial charge in [0.15, 0.2) is 0 Å². The predicted octanol–water partition coefficient (Wildman–Crippen LogP) is 2.97. The van der Waals surface area contributed by atoms with E-state index in [9.17, 15) is 13.2 Å². The number of hydrogen-bond donors (Lipinski definition) is 0. The number of fused-ring (bicyclic) bond motifs is 1. The van der Waals surface area contributed by atoms with Crippen molar-refractivity contribution in [3.8, 4) is 5.88 Å². The van der Waals surface area contributed by atoms with E-state index in [0.717, 1.165) is 5.56 Å². The largest absolute Gasteiger partial charge is 0.480 e. The molecule has 0 spiro atoms. The topological polar surface area (TPSA) is 35.0 Å². The molecule has 0 saturated heterocycles. The third kappa shape index (κ3) is 2.15. The van der Waals surface area contributed by atoms with Gasteiger partial charge in [0.2, 0.25) is 11.7 Å². The zero-order valence-electron chi connectivity index (χ0n) is 9.17. The molecule has 2 rings (SSSR count). The summed E-state index contributed by atoms with van der Waals surface area (Å²) in [6.07, 6.45) is -4.58. The van der Waals surface area contributed by atoms with Crippen LogP contribution in [0.25, 0.3) is 10.9 Å². The summed E-state index contributed by atoms with van der Waals surface area (Å²) in [7, 11) is 1.28. The molecule has 1 aromatic heterocycles. The van der Waals surface area contributed by atoms with E-state index in [2.05, 4.69) is 9.97 Å². The van der Waals surface area contributed by atoms with Gasteiger partial charge in [-0.25, -0.2) is 4.98 Å². The van der Waals surface area contributed by atoms with E-state index in [-0.39, 0.29) is 11.4 Å². The van der Waals surface area contributed by atoms with Gasteiger partial charge in [0.05, 0.1) is 18.0 Å². The highest BCUT2D eigenvalue weighted by atomic mass is 19.4. The van der Waals surface area contributed by atoms with Crippen molar-refractivity contribution in [2.75, 3.05) is 7.11 Å². The fourth-order valence-electron chi connectivity index (χ4n) is 1.49. The Kier molecular flexibility index (Phi) is 2.65. The molecule has 1 aromatic carbocycles. The standard InChI is InChI=1S/C11H9F3N2O/c1-6-3-4-7-8(5-6)15-10(11(12,13)14)16-9(7)17-2/h3-5H,1-2H3. The number of aromatic nitrogens is 2. The Morgan fingerprint density at radius 1 is 1.18 bits per heavy atom. The van der Waals surface area contributed by atoms with Gasteiger partial charge in [0, 0.05) is 0 Å². The molecular weight excluding hydrogens is 233 g/mol. The lowest BCUT2D eigenvalue weighted by molar-refractivity contribution is -0.144. The number of methoxy groups -OCH3 is 1. The first-order valence-corrected chi connectivity index (χ1v) is 4.81. The van der Waals surface area contributed by atoms with Crippen molar-refractivity contribution in [3.63, 3.8) is 0 Å². The lowest BCUT2D eigenvalue weighted by atomic mass is 10.2. The van der Waals surface area contributed by atoms with Crippen LogP contribution in [0.1, 0.15) is 11.4 Å². The molecule has 0 N–H and O–H groups in total. The second kappa shape index (κ2) is 3.87. The number of alkyl halides is 3. The molecule has 1 heterocycles. The highest BCUT2D eigenvalue weighted by Gasteiger charge is 2.35. The van der Waals surface area contributed by atoms with Crippen LogP contribution in [0.15, 0.2) is 18.2 Å². The predicted molar refractivity (Wildman–Crippen MR) is 55.8 cm³/mol. The molecule has 0 atom stereocenters. The number of aryl methyl sites for hydroxylation is 1. The first-order chi connectivity index (χ1) is 7.91. The van der Waals surface area contributed by atoms with E-state index < -0.39 is 12.0 Å². The zero-order chi connectivity index (χ0) is 12.6. The summed E-state index contributed by atoms with van der Waals surface area (Å²) < 4.78 is 42.5. The summed E-state index contributed by atoms with van der Waals surface area (Å²) >= 11 is 0. The minimum Gasteiger partial charge on any atom is -0.480 e.